The molecule has 0 spiro atoms. The molecule has 1 saturated carbocycles. The zero-order valence-corrected chi connectivity index (χ0v) is 7.25. The molecule has 0 bridgehead atoms. The summed E-state index contributed by atoms with van der Waals surface area (Å²) in [5.74, 6) is -0.0215. The fourth-order valence-corrected chi connectivity index (χ4v) is 1.64. The molecular weight excluding hydrogens is 152 g/mol. The molecule has 0 heterocycles. The maximum absolute atomic E-state index is 10.6. The van der Waals surface area contributed by atoms with Crippen molar-refractivity contribution in [1.82, 2.24) is 0 Å². The van der Waals surface area contributed by atoms with Gasteiger partial charge in [-0.3, -0.25) is 4.79 Å². The number of hydrogen-bond acceptors (Lipinski definition) is 2. The second-order valence-corrected chi connectivity index (χ2v) is 3.38. The topological polar surface area (TPSA) is 69.1 Å². The second kappa shape index (κ2) is 4.14. The summed E-state index contributed by atoms with van der Waals surface area (Å²) in [6.07, 6.45) is 7.91. The highest BCUT2D eigenvalue weighted by Crippen LogP contribution is 2.24. The van der Waals surface area contributed by atoms with Crippen molar-refractivity contribution in [3.8, 4) is 0 Å². The summed E-state index contributed by atoms with van der Waals surface area (Å²) in [6.45, 7) is 0. The van der Waals surface area contributed by atoms with E-state index in [1.807, 2.05) is 6.08 Å². The Morgan fingerprint density at radius 2 is 1.75 bits per heavy atom. The summed E-state index contributed by atoms with van der Waals surface area (Å²) in [7, 11) is 0. The molecule has 0 saturated heterocycles. The first-order chi connectivity index (χ1) is 5.70. The van der Waals surface area contributed by atoms with Gasteiger partial charge in [0.1, 0.15) is 0 Å². The summed E-state index contributed by atoms with van der Waals surface area (Å²) >= 11 is 0. The van der Waals surface area contributed by atoms with E-state index in [1.54, 1.807) is 0 Å². The molecule has 1 aliphatic carbocycles. The quantitative estimate of drug-likeness (QED) is 0.601. The van der Waals surface area contributed by atoms with Crippen LogP contribution in [0.1, 0.15) is 32.1 Å². The van der Waals surface area contributed by atoms with Gasteiger partial charge in [-0.1, -0.05) is 25.3 Å². The molecule has 3 heteroatoms. The summed E-state index contributed by atoms with van der Waals surface area (Å²) in [5, 5.41) is 0. The number of primary amides is 1. The zero-order valence-electron chi connectivity index (χ0n) is 7.25. The predicted molar refractivity (Wildman–Crippen MR) is 48.0 cm³/mol. The summed E-state index contributed by atoms with van der Waals surface area (Å²) in [6, 6.07) is 0. The lowest BCUT2D eigenvalue weighted by molar-refractivity contribution is -0.114. The Morgan fingerprint density at radius 3 is 2.25 bits per heavy atom. The molecule has 3 nitrogen and oxygen atoms in total. The standard InChI is InChI=1S/C9H16N2O/c10-8(9(11)12)6-7-4-2-1-3-5-7/h6-7H,1-5,10H2,(H2,11,12). The third kappa shape index (κ3) is 2.57. The fourth-order valence-electron chi connectivity index (χ4n) is 1.64. The molecule has 0 atom stereocenters. The van der Waals surface area contributed by atoms with Crippen LogP contribution in [0.2, 0.25) is 0 Å². The average molecular weight is 168 g/mol. The Balaban J connectivity index is 2.47. The van der Waals surface area contributed by atoms with E-state index in [9.17, 15) is 4.79 Å². The molecule has 0 aromatic heterocycles. The van der Waals surface area contributed by atoms with Crippen LogP contribution < -0.4 is 11.5 Å². The summed E-state index contributed by atoms with van der Waals surface area (Å²) in [5.41, 5.74) is 10.7. The molecule has 0 aliphatic heterocycles. The van der Waals surface area contributed by atoms with Crippen LogP contribution in [0.25, 0.3) is 0 Å². The molecule has 1 aliphatic rings. The number of amides is 1. The normalized spacial score (nSPS) is 20.8. The van der Waals surface area contributed by atoms with Gasteiger partial charge in [-0.2, -0.15) is 0 Å². The molecule has 0 aromatic rings. The van der Waals surface area contributed by atoms with Crippen molar-refractivity contribution in [2.45, 2.75) is 32.1 Å². The lowest BCUT2D eigenvalue weighted by Gasteiger charge is -2.18. The molecule has 4 N–H and O–H groups in total. The van der Waals surface area contributed by atoms with Crippen molar-refractivity contribution < 1.29 is 4.79 Å². The van der Waals surface area contributed by atoms with Gasteiger partial charge in [-0.25, -0.2) is 0 Å². The van der Waals surface area contributed by atoms with Crippen molar-refractivity contribution in [1.29, 1.82) is 0 Å². The third-order valence-corrected chi connectivity index (χ3v) is 2.35. The van der Waals surface area contributed by atoms with Crippen LogP contribution in [0.3, 0.4) is 0 Å². The van der Waals surface area contributed by atoms with E-state index in [2.05, 4.69) is 0 Å². The average Bonchev–Trinajstić information content (AvgIpc) is 2.06. The van der Waals surface area contributed by atoms with Gasteiger partial charge >= 0.3 is 0 Å². The van der Waals surface area contributed by atoms with Gasteiger partial charge in [-0.05, 0) is 18.8 Å². The molecule has 1 rings (SSSR count). The lowest BCUT2D eigenvalue weighted by atomic mass is 9.88. The predicted octanol–water partition coefficient (Wildman–Crippen LogP) is 0.895. The van der Waals surface area contributed by atoms with E-state index in [-0.39, 0.29) is 5.70 Å². The van der Waals surface area contributed by atoms with Gasteiger partial charge in [0.05, 0.1) is 5.70 Å². The zero-order chi connectivity index (χ0) is 8.97. The van der Waals surface area contributed by atoms with Gasteiger partial charge in [0.25, 0.3) is 5.91 Å². The van der Waals surface area contributed by atoms with E-state index in [4.69, 9.17) is 11.5 Å². The SMILES string of the molecule is NC(=O)C(N)=CC1CCCCC1. The van der Waals surface area contributed by atoms with Crippen LogP contribution in [-0.2, 0) is 4.79 Å². The molecule has 12 heavy (non-hydrogen) atoms. The van der Waals surface area contributed by atoms with Crippen LogP contribution in [-0.4, -0.2) is 5.91 Å². The van der Waals surface area contributed by atoms with E-state index in [0.29, 0.717) is 5.92 Å². The Bertz CT molecular complexity index is 193. The molecular formula is C9H16N2O. The van der Waals surface area contributed by atoms with Gasteiger partial charge in [0, 0.05) is 0 Å². The van der Waals surface area contributed by atoms with Gasteiger partial charge in [0.2, 0.25) is 0 Å². The number of allylic oxidation sites excluding steroid dienone is 1. The Labute approximate surface area is 72.8 Å². The molecule has 1 fully saturated rings. The maximum Gasteiger partial charge on any atom is 0.264 e. The number of hydrogen-bond donors (Lipinski definition) is 2. The van der Waals surface area contributed by atoms with Crippen LogP contribution in [0.15, 0.2) is 11.8 Å². The Kier molecular flexibility index (Phi) is 3.14. The maximum atomic E-state index is 10.6. The van der Waals surface area contributed by atoms with Crippen LogP contribution in [0.4, 0.5) is 0 Å². The molecule has 0 aromatic carbocycles. The van der Waals surface area contributed by atoms with Crippen LogP contribution in [0, 0.1) is 5.92 Å². The van der Waals surface area contributed by atoms with Crippen LogP contribution >= 0.6 is 0 Å². The largest absolute Gasteiger partial charge is 0.395 e. The first kappa shape index (κ1) is 9.10. The number of nitrogens with two attached hydrogens (primary N) is 2. The second-order valence-electron chi connectivity index (χ2n) is 3.38. The van der Waals surface area contributed by atoms with Gasteiger partial charge < -0.3 is 11.5 Å². The minimum atomic E-state index is -0.499. The first-order valence-corrected chi connectivity index (χ1v) is 4.47. The molecule has 0 unspecified atom stereocenters. The minimum absolute atomic E-state index is 0.224. The number of rotatable bonds is 2. The Hall–Kier alpha value is -0.990. The van der Waals surface area contributed by atoms with Crippen molar-refractivity contribution in [3.05, 3.63) is 11.8 Å². The van der Waals surface area contributed by atoms with Gasteiger partial charge in [-0.15, -0.1) is 0 Å². The van der Waals surface area contributed by atoms with Crippen molar-refractivity contribution in [3.63, 3.8) is 0 Å². The van der Waals surface area contributed by atoms with E-state index in [1.165, 1.54) is 19.3 Å². The molecule has 68 valence electrons. The van der Waals surface area contributed by atoms with Crippen molar-refractivity contribution >= 4 is 5.91 Å². The molecule has 1 amide bonds. The first-order valence-electron chi connectivity index (χ1n) is 4.47. The highest BCUT2D eigenvalue weighted by Gasteiger charge is 2.12. The monoisotopic (exact) mass is 168 g/mol. The van der Waals surface area contributed by atoms with Crippen molar-refractivity contribution in [2.75, 3.05) is 0 Å². The van der Waals surface area contributed by atoms with E-state index >= 15 is 0 Å². The number of carbonyl (C=O) groups is 1. The number of carbonyl (C=O) groups excluding carboxylic acids is 1. The van der Waals surface area contributed by atoms with E-state index < -0.39 is 5.91 Å². The van der Waals surface area contributed by atoms with Crippen molar-refractivity contribution in [2.24, 2.45) is 17.4 Å². The van der Waals surface area contributed by atoms with E-state index in [0.717, 1.165) is 12.8 Å². The van der Waals surface area contributed by atoms with Crippen LogP contribution in [0.5, 0.6) is 0 Å². The van der Waals surface area contributed by atoms with Gasteiger partial charge in [0.15, 0.2) is 0 Å². The minimum Gasteiger partial charge on any atom is -0.395 e. The molecule has 0 radical (unpaired) electrons. The Morgan fingerprint density at radius 1 is 1.17 bits per heavy atom. The lowest BCUT2D eigenvalue weighted by Crippen LogP contribution is -2.21. The fraction of sp³-hybridized carbons (Fsp3) is 0.667. The highest BCUT2D eigenvalue weighted by atomic mass is 16.1. The summed E-state index contributed by atoms with van der Waals surface area (Å²) < 4.78 is 0. The summed E-state index contributed by atoms with van der Waals surface area (Å²) in [4.78, 5) is 10.6. The highest BCUT2D eigenvalue weighted by molar-refractivity contribution is 5.90. The third-order valence-electron chi connectivity index (χ3n) is 2.35. The smallest absolute Gasteiger partial charge is 0.264 e.